The number of amides is 1. The number of likely N-dealkylation sites (tertiary alicyclic amines) is 1. The number of carbonyl (C=O) groups is 1. The molecule has 2 rings (SSSR count). The highest BCUT2D eigenvalue weighted by molar-refractivity contribution is 5.95. The highest BCUT2D eigenvalue weighted by Gasteiger charge is 2.26. The van der Waals surface area contributed by atoms with Gasteiger partial charge in [0, 0.05) is 19.1 Å². The van der Waals surface area contributed by atoms with Gasteiger partial charge in [-0.15, -0.1) is 0 Å². The molecular formula is C11H16N2O2. The molecule has 1 saturated heterocycles. The molecule has 0 aromatic carbocycles. The molecule has 0 bridgehead atoms. The summed E-state index contributed by atoms with van der Waals surface area (Å²) in [5, 5.41) is 0. The van der Waals surface area contributed by atoms with Gasteiger partial charge in [-0.1, -0.05) is 0 Å². The lowest BCUT2D eigenvalue weighted by molar-refractivity contribution is 0.0789. The molecule has 1 amide bonds. The van der Waals surface area contributed by atoms with Gasteiger partial charge in [0.1, 0.15) is 11.5 Å². The van der Waals surface area contributed by atoms with Gasteiger partial charge in [0.15, 0.2) is 0 Å². The van der Waals surface area contributed by atoms with Crippen LogP contribution in [-0.4, -0.2) is 29.9 Å². The first-order valence-electron chi connectivity index (χ1n) is 5.20. The molecule has 82 valence electrons. The zero-order chi connectivity index (χ0) is 11.0. The van der Waals surface area contributed by atoms with Gasteiger partial charge in [-0.25, -0.2) is 0 Å². The molecule has 2 heterocycles. The van der Waals surface area contributed by atoms with Crippen molar-refractivity contribution in [2.45, 2.75) is 26.3 Å². The van der Waals surface area contributed by atoms with Gasteiger partial charge < -0.3 is 15.1 Å². The van der Waals surface area contributed by atoms with E-state index in [4.69, 9.17) is 10.2 Å². The minimum absolute atomic E-state index is 0.0392. The standard InChI is InChI=1S/C11H16N2O2/c1-7-5-10(8(2)15-7)11(14)13-4-3-9(12)6-13/h5,9H,3-4,6,12H2,1-2H3/t9-/m1/s1. The van der Waals surface area contributed by atoms with E-state index in [9.17, 15) is 4.79 Å². The van der Waals surface area contributed by atoms with Crippen LogP contribution in [0.1, 0.15) is 28.3 Å². The average Bonchev–Trinajstić information content (AvgIpc) is 2.71. The third-order valence-corrected chi connectivity index (χ3v) is 2.78. The second-order valence-electron chi connectivity index (χ2n) is 4.13. The number of carbonyl (C=O) groups excluding carboxylic acids is 1. The summed E-state index contributed by atoms with van der Waals surface area (Å²) >= 11 is 0. The fraction of sp³-hybridized carbons (Fsp3) is 0.545. The number of nitrogens with zero attached hydrogens (tertiary/aromatic N) is 1. The van der Waals surface area contributed by atoms with Crippen molar-refractivity contribution < 1.29 is 9.21 Å². The summed E-state index contributed by atoms with van der Waals surface area (Å²) in [6.45, 7) is 5.07. The highest BCUT2D eigenvalue weighted by Crippen LogP contribution is 2.18. The van der Waals surface area contributed by atoms with E-state index >= 15 is 0 Å². The maximum atomic E-state index is 12.0. The van der Waals surface area contributed by atoms with Crippen molar-refractivity contribution in [2.24, 2.45) is 5.73 Å². The van der Waals surface area contributed by atoms with Gasteiger partial charge in [0.25, 0.3) is 5.91 Å². The number of rotatable bonds is 1. The Morgan fingerprint density at radius 3 is 2.80 bits per heavy atom. The number of hydrogen-bond acceptors (Lipinski definition) is 3. The van der Waals surface area contributed by atoms with Gasteiger partial charge in [0.05, 0.1) is 5.56 Å². The summed E-state index contributed by atoms with van der Waals surface area (Å²) in [5.41, 5.74) is 6.44. The quantitative estimate of drug-likeness (QED) is 0.751. The Kier molecular flexibility index (Phi) is 2.52. The Morgan fingerprint density at radius 1 is 1.60 bits per heavy atom. The van der Waals surface area contributed by atoms with Gasteiger partial charge >= 0.3 is 0 Å². The molecule has 4 heteroatoms. The number of nitrogens with two attached hydrogens (primary N) is 1. The van der Waals surface area contributed by atoms with E-state index in [0.29, 0.717) is 17.9 Å². The van der Waals surface area contributed by atoms with Crippen molar-refractivity contribution in [1.29, 1.82) is 0 Å². The maximum absolute atomic E-state index is 12.0. The predicted molar refractivity (Wildman–Crippen MR) is 56.7 cm³/mol. The second-order valence-corrected chi connectivity index (χ2v) is 4.13. The van der Waals surface area contributed by atoms with Crippen molar-refractivity contribution >= 4 is 5.91 Å². The van der Waals surface area contributed by atoms with Crippen LogP contribution in [0.15, 0.2) is 10.5 Å². The van der Waals surface area contributed by atoms with Crippen LogP contribution in [0.25, 0.3) is 0 Å². The molecule has 15 heavy (non-hydrogen) atoms. The Morgan fingerprint density at radius 2 is 2.33 bits per heavy atom. The van der Waals surface area contributed by atoms with Gasteiger partial charge in [0.2, 0.25) is 0 Å². The molecule has 0 unspecified atom stereocenters. The van der Waals surface area contributed by atoms with Gasteiger partial charge in [-0.05, 0) is 26.3 Å². The second kappa shape index (κ2) is 3.70. The first-order chi connectivity index (χ1) is 7.08. The van der Waals surface area contributed by atoms with Crippen LogP contribution in [0.3, 0.4) is 0 Å². The molecule has 1 atom stereocenters. The number of furan rings is 1. The van der Waals surface area contributed by atoms with Crippen LogP contribution >= 0.6 is 0 Å². The summed E-state index contributed by atoms with van der Waals surface area (Å²) < 4.78 is 5.34. The monoisotopic (exact) mass is 208 g/mol. The number of aryl methyl sites for hydroxylation is 2. The van der Waals surface area contributed by atoms with E-state index in [1.54, 1.807) is 11.0 Å². The molecule has 1 aliphatic rings. The van der Waals surface area contributed by atoms with E-state index in [0.717, 1.165) is 18.7 Å². The minimum Gasteiger partial charge on any atom is -0.466 e. The van der Waals surface area contributed by atoms with Crippen LogP contribution in [0.4, 0.5) is 0 Å². The van der Waals surface area contributed by atoms with E-state index < -0.39 is 0 Å². The molecule has 0 spiro atoms. The SMILES string of the molecule is Cc1cc(C(=O)N2CC[C@@H](N)C2)c(C)o1. The molecule has 1 aromatic rings. The summed E-state index contributed by atoms with van der Waals surface area (Å²) in [7, 11) is 0. The van der Waals surface area contributed by atoms with Crippen molar-refractivity contribution in [1.82, 2.24) is 4.90 Å². The van der Waals surface area contributed by atoms with Crippen molar-refractivity contribution in [3.8, 4) is 0 Å². The third-order valence-electron chi connectivity index (χ3n) is 2.78. The Hall–Kier alpha value is -1.29. The van der Waals surface area contributed by atoms with Crippen LogP contribution in [0.5, 0.6) is 0 Å². The van der Waals surface area contributed by atoms with Crippen molar-refractivity contribution in [2.75, 3.05) is 13.1 Å². The Balaban J connectivity index is 2.17. The lowest BCUT2D eigenvalue weighted by atomic mass is 10.2. The first-order valence-corrected chi connectivity index (χ1v) is 5.20. The summed E-state index contributed by atoms with van der Waals surface area (Å²) in [6, 6.07) is 1.92. The van der Waals surface area contributed by atoms with Crippen LogP contribution in [0.2, 0.25) is 0 Å². The molecular weight excluding hydrogens is 192 g/mol. The topological polar surface area (TPSA) is 59.5 Å². The Labute approximate surface area is 89.0 Å². The lowest BCUT2D eigenvalue weighted by Crippen LogP contribution is -2.31. The smallest absolute Gasteiger partial charge is 0.257 e. The minimum atomic E-state index is 0.0392. The molecule has 1 fully saturated rings. The predicted octanol–water partition coefficient (Wildman–Crippen LogP) is 1.07. The molecule has 0 radical (unpaired) electrons. The normalized spacial score (nSPS) is 21.0. The number of hydrogen-bond donors (Lipinski definition) is 1. The van der Waals surface area contributed by atoms with E-state index in [2.05, 4.69) is 0 Å². The van der Waals surface area contributed by atoms with E-state index in [1.807, 2.05) is 13.8 Å². The lowest BCUT2D eigenvalue weighted by Gasteiger charge is -2.14. The van der Waals surface area contributed by atoms with Crippen LogP contribution in [-0.2, 0) is 0 Å². The zero-order valence-corrected chi connectivity index (χ0v) is 9.12. The van der Waals surface area contributed by atoms with Gasteiger partial charge in [-0.2, -0.15) is 0 Å². The van der Waals surface area contributed by atoms with Crippen molar-refractivity contribution in [3.63, 3.8) is 0 Å². The Bertz CT molecular complexity index is 384. The summed E-state index contributed by atoms with van der Waals surface area (Å²) in [4.78, 5) is 13.8. The molecule has 4 nitrogen and oxygen atoms in total. The maximum Gasteiger partial charge on any atom is 0.257 e. The fourth-order valence-corrected chi connectivity index (χ4v) is 1.99. The van der Waals surface area contributed by atoms with Crippen LogP contribution < -0.4 is 5.73 Å². The largest absolute Gasteiger partial charge is 0.466 e. The average molecular weight is 208 g/mol. The van der Waals surface area contributed by atoms with E-state index in [-0.39, 0.29) is 11.9 Å². The highest BCUT2D eigenvalue weighted by atomic mass is 16.3. The zero-order valence-electron chi connectivity index (χ0n) is 9.12. The van der Waals surface area contributed by atoms with E-state index in [1.165, 1.54) is 0 Å². The molecule has 1 aromatic heterocycles. The summed E-state index contributed by atoms with van der Waals surface area (Å²) in [5.74, 6) is 1.51. The van der Waals surface area contributed by atoms with Crippen molar-refractivity contribution in [3.05, 3.63) is 23.2 Å². The third kappa shape index (κ3) is 1.90. The fourth-order valence-electron chi connectivity index (χ4n) is 1.99. The first kappa shape index (κ1) is 10.2. The summed E-state index contributed by atoms with van der Waals surface area (Å²) in [6.07, 6.45) is 0.890. The molecule has 2 N–H and O–H groups in total. The molecule has 1 aliphatic heterocycles. The van der Waals surface area contributed by atoms with Gasteiger partial charge in [-0.3, -0.25) is 4.79 Å². The molecule has 0 aliphatic carbocycles. The molecule has 0 saturated carbocycles. The van der Waals surface area contributed by atoms with Crippen LogP contribution in [0, 0.1) is 13.8 Å².